The Hall–Kier alpha value is -3.15. The minimum atomic E-state index is -0.447. The van der Waals surface area contributed by atoms with Gasteiger partial charge in [-0.3, -0.25) is 14.4 Å². The van der Waals surface area contributed by atoms with Crippen LogP contribution in [0.2, 0.25) is 0 Å². The quantitative estimate of drug-likeness (QED) is 0.677. The van der Waals surface area contributed by atoms with Crippen molar-refractivity contribution < 1.29 is 14.4 Å². The number of rotatable bonds is 2. The van der Waals surface area contributed by atoms with E-state index in [-0.39, 0.29) is 17.0 Å². The van der Waals surface area contributed by atoms with E-state index in [0.29, 0.717) is 16.9 Å². The maximum Gasteiger partial charge on any atom is 0.266 e. The Bertz CT molecular complexity index is 887. The van der Waals surface area contributed by atoms with Gasteiger partial charge in [0.1, 0.15) is 0 Å². The number of carbonyl (C=O) groups excluding carboxylic acids is 3. The molecule has 0 unspecified atom stereocenters. The van der Waals surface area contributed by atoms with E-state index in [1.165, 1.54) is 17.0 Å². The highest BCUT2D eigenvalue weighted by Gasteiger charge is 2.37. The molecule has 1 heterocycles. The average molecular weight is 323 g/mol. The van der Waals surface area contributed by atoms with Gasteiger partial charge in [-0.15, -0.1) is 0 Å². The molecule has 6 nitrogen and oxygen atoms in total. The number of amides is 3. The Morgan fingerprint density at radius 3 is 2.33 bits per heavy atom. The summed E-state index contributed by atoms with van der Waals surface area (Å²) in [5, 5.41) is 0. The number of hydrogen-bond acceptors (Lipinski definition) is 4. The topological polar surface area (TPSA) is 83.7 Å². The van der Waals surface area contributed by atoms with Crippen LogP contribution in [0.25, 0.3) is 0 Å². The molecule has 1 aliphatic rings. The first-order valence-electron chi connectivity index (χ1n) is 7.42. The van der Waals surface area contributed by atoms with Crippen molar-refractivity contribution in [3.8, 4) is 0 Å². The third-order valence-corrected chi connectivity index (χ3v) is 4.01. The Kier molecular flexibility index (Phi) is 3.60. The van der Waals surface area contributed by atoms with Crippen molar-refractivity contribution in [1.29, 1.82) is 0 Å². The molecule has 3 rings (SSSR count). The van der Waals surface area contributed by atoms with Crippen LogP contribution in [0.1, 0.15) is 36.6 Å². The number of nitrogens with two attached hydrogens (primary N) is 1. The molecule has 122 valence electrons. The molecule has 0 bridgehead atoms. The van der Waals surface area contributed by atoms with E-state index in [1.807, 2.05) is 0 Å². The van der Waals surface area contributed by atoms with Crippen molar-refractivity contribution in [2.24, 2.45) is 0 Å². The Balaban J connectivity index is 2.09. The van der Waals surface area contributed by atoms with Crippen LogP contribution in [-0.4, -0.2) is 36.7 Å². The molecule has 2 aromatic carbocycles. The summed E-state index contributed by atoms with van der Waals surface area (Å²) in [7, 11) is 3.26. The van der Waals surface area contributed by atoms with Gasteiger partial charge in [0.05, 0.1) is 16.8 Å². The summed E-state index contributed by atoms with van der Waals surface area (Å²) in [5.74, 6) is -1.08. The standard InChI is InChI=1S/C18H17N3O3/c1-10-4-6-12(19)9-15(10)21-17(23)13-7-5-11(16(22)20(2)3)8-14(13)18(21)24/h4-9H,19H2,1-3H3. The van der Waals surface area contributed by atoms with Gasteiger partial charge in [0.15, 0.2) is 0 Å². The van der Waals surface area contributed by atoms with Crippen molar-refractivity contribution >= 4 is 29.1 Å². The van der Waals surface area contributed by atoms with Crippen molar-refractivity contribution in [3.05, 3.63) is 58.7 Å². The first-order valence-corrected chi connectivity index (χ1v) is 7.42. The van der Waals surface area contributed by atoms with Gasteiger partial charge in [-0.1, -0.05) is 6.07 Å². The van der Waals surface area contributed by atoms with Crippen LogP contribution in [0, 0.1) is 6.92 Å². The van der Waals surface area contributed by atoms with E-state index in [2.05, 4.69) is 0 Å². The fraction of sp³-hybridized carbons (Fsp3) is 0.167. The third-order valence-electron chi connectivity index (χ3n) is 4.01. The number of hydrogen-bond donors (Lipinski definition) is 1. The van der Waals surface area contributed by atoms with E-state index in [9.17, 15) is 14.4 Å². The highest BCUT2D eigenvalue weighted by atomic mass is 16.2. The molecule has 0 saturated carbocycles. The van der Waals surface area contributed by atoms with Crippen LogP contribution in [0.4, 0.5) is 11.4 Å². The molecule has 1 aliphatic heterocycles. The second kappa shape index (κ2) is 5.49. The summed E-state index contributed by atoms with van der Waals surface area (Å²) in [6.45, 7) is 1.80. The molecule has 0 atom stereocenters. The molecule has 0 spiro atoms. The number of nitrogen functional groups attached to an aromatic ring is 1. The normalized spacial score (nSPS) is 13.2. The Morgan fingerprint density at radius 1 is 1.00 bits per heavy atom. The summed E-state index contributed by atoms with van der Waals surface area (Å²) in [5.41, 5.74) is 8.37. The lowest BCUT2D eigenvalue weighted by Gasteiger charge is -2.17. The third kappa shape index (κ3) is 2.32. The minimum absolute atomic E-state index is 0.225. The van der Waals surface area contributed by atoms with Crippen LogP contribution in [-0.2, 0) is 0 Å². The van der Waals surface area contributed by atoms with Crippen LogP contribution in [0.3, 0.4) is 0 Å². The van der Waals surface area contributed by atoms with Gasteiger partial charge in [0, 0.05) is 25.3 Å². The van der Waals surface area contributed by atoms with E-state index in [1.54, 1.807) is 45.3 Å². The second-order valence-electron chi connectivity index (χ2n) is 5.95. The van der Waals surface area contributed by atoms with Crippen molar-refractivity contribution in [2.75, 3.05) is 24.7 Å². The van der Waals surface area contributed by atoms with Gasteiger partial charge in [-0.2, -0.15) is 0 Å². The zero-order valence-corrected chi connectivity index (χ0v) is 13.7. The predicted octanol–water partition coefficient (Wildman–Crippen LogP) is 2.08. The number of nitrogens with zero attached hydrogens (tertiary/aromatic N) is 2. The van der Waals surface area contributed by atoms with Gasteiger partial charge >= 0.3 is 0 Å². The molecule has 0 aromatic heterocycles. The van der Waals surface area contributed by atoms with E-state index in [0.717, 1.165) is 10.5 Å². The summed E-state index contributed by atoms with van der Waals surface area (Å²) in [6.07, 6.45) is 0. The van der Waals surface area contributed by atoms with Crippen molar-refractivity contribution in [2.45, 2.75) is 6.92 Å². The number of benzene rings is 2. The second-order valence-corrected chi connectivity index (χ2v) is 5.95. The monoisotopic (exact) mass is 323 g/mol. The molecular weight excluding hydrogens is 306 g/mol. The first kappa shape index (κ1) is 15.7. The van der Waals surface area contributed by atoms with Crippen molar-refractivity contribution in [3.63, 3.8) is 0 Å². The molecule has 6 heteroatoms. The number of anilines is 2. The van der Waals surface area contributed by atoms with E-state index < -0.39 is 11.8 Å². The lowest BCUT2D eigenvalue weighted by Crippen LogP contribution is -2.30. The van der Waals surface area contributed by atoms with Gasteiger partial charge in [0.25, 0.3) is 17.7 Å². The Morgan fingerprint density at radius 2 is 1.67 bits per heavy atom. The fourth-order valence-corrected chi connectivity index (χ4v) is 2.72. The molecule has 3 amide bonds. The predicted molar refractivity (Wildman–Crippen MR) is 91.2 cm³/mol. The lowest BCUT2D eigenvalue weighted by molar-refractivity contribution is 0.0827. The van der Waals surface area contributed by atoms with Crippen LogP contribution in [0.15, 0.2) is 36.4 Å². The van der Waals surface area contributed by atoms with Gasteiger partial charge in [0.2, 0.25) is 0 Å². The van der Waals surface area contributed by atoms with Crippen LogP contribution >= 0.6 is 0 Å². The zero-order valence-electron chi connectivity index (χ0n) is 13.7. The largest absolute Gasteiger partial charge is 0.399 e. The Labute approximate surface area is 139 Å². The van der Waals surface area contributed by atoms with Crippen LogP contribution < -0.4 is 10.6 Å². The summed E-state index contributed by atoms with van der Waals surface area (Å²) < 4.78 is 0. The zero-order chi connectivity index (χ0) is 17.6. The lowest BCUT2D eigenvalue weighted by atomic mass is 10.1. The van der Waals surface area contributed by atoms with Crippen LogP contribution in [0.5, 0.6) is 0 Å². The molecule has 0 fully saturated rings. The highest BCUT2D eigenvalue weighted by molar-refractivity contribution is 6.35. The average Bonchev–Trinajstić information content (AvgIpc) is 2.80. The highest BCUT2D eigenvalue weighted by Crippen LogP contribution is 2.32. The molecule has 0 aliphatic carbocycles. The number of fused-ring (bicyclic) bond motifs is 1. The maximum atomic E-state index is 12.8. The smallest absolute Gasteiger partial charge is 0.266 e. The maximum absolute atomic E-state index is 12.8. The SMILES string of the molecule is Cc1ccc(N)cc1N1C(=O)c2ccc(C(=O)N(C)C)cc2C1=O. The molecule has 0 radical (unpaired) electrons. The minimum Gasteiger partial charge on any atom is -0.399 e. The van der Waals surface area contributed by atoms with E-state index in [4.69, 9.17) is 5.73 Å². The summed E-state index contributed by atoms with van der Waals surface area (Å²) >= 11 is 0. The molecular formula is C18H17N3O3. The van der Waals surface area contributed by atoms with Gasteiger partial charge in [-0.25, -0.2) is 4.90 Å². The fourth-order valence-electron chi connectivity index (χ4n) is 2.72. The molecule has 0 saturated heterocycles. The van der Waals surface area contributed by atoms with Crippen molar-refractivity contribution in [1.82, 2.24) is 4.90 Å². The molecule has 2 aromatic rings. The number of imide groups is 1. The molecule has 24 heavy (non-hydrogen) atoms. The van der Waals surface area contributed by atoms with Gasteiger partial charge in [-0.05, 0) is 42.8 Å². The summed E-state index contributed by atoms with van der Waals surface area (Å²) in [4.78, 5) is 40.0. The number of aryl methyl sites for hydroxylation is 1. The first-order chi connectivity index (χ1) is 11.3. The van der Waals surface area contributed by atoms with Gasteiger partial charge < -0.3 is 10.6 Å². The molecule has 2 N–H and O–H groups in total. The van der Waals surface area contributed by atoms with E-state index >= 15 is 0 Å². The summed E-state index contributed by atoms with van der Waals surface area (Å²) in [6, 6.07) is 9.62. The number of carbonyl (C=O) groups is 3.